The van der Waals surface area contributed by atoms with Gasteiger partial charge in [-0.2, -0.15) is 0 Å². The molecule has 1 aliphatic rings. The fourth-order valence-corrected chi connectivity index (χ4v) is 2.98. The third-order valence-corrected chi connectivity index (χ3v) is 5.21. The van der Waals surface area contributed by atoms with E-state index in [1.807, 2.05) is 32.0 Å². The van der Waals surface area contributed by atoms with E-state index in [-0.39, 0.29) is 11.8 Å². The highest BCUT2D eigenvalue weighted by Gasteiger charge is 2.56. The smallest absolute Gasteiger partial charge is 0.240 e. The van der Waals surface area contributed by atoms with E-state index in [1.54, 1.807) is 18.2 Å². The standard InChI is InChI=1S/C19H18Cl2N2O2/c1-11-4-3-5-15(12(11)2)22-17(24)19(8-9-19)18(25)23-16-10-13(20)6-7-14(16)21/h3-7,10H,8-9H2,1-2H3,(H,22,24)(H,23,25). The van der Waals surface area contributed by atoms with Gasteiger partial charge in [-0.25, -0.2) is 0 Å². The summed E-state index contributed by atoms with van der Waals surface area (Å²) in [5, 5.41) is 6.46. The van der Waals surface area contributed by atoms with Gasteiger partial charge in [0.2, 0.25) is 11.8 Å². The molecule has 0 spiro atoms. The summed E-state index contributed by atoms with van der Waals surface area (Å²) in [5.74, 6) is -0.656. The summed E-state index contributed by atoms with van der Waals surface area (Å²) in [6.45, 7) is 3.92. The molecule has 25 heavy (non-hydrogen) atoms. The van der Waals surface area contributed by atoms with E-state index in [1.165, 1.54) is 0 Å². The quantitative estimate of drug-likeness (QED) is 0.740. The molecule has 0 aliphatic heterocycles. The molecule has 1 saturated carbocycles. The van der Waals surface area contributed by atoms with Gasteiger partial charge in [-0.15, -0.1) is 0 Å². The van der Waals surface area contributed by atoms with Crippen molar-refractivity contribution in [3.63, 3.8) is 0 Å². The maximum atomic E-state index is 12.7. The summed E-state index contributed by atoms with van der Waals surface area (Å²) < 4.78 is 0. The Hall–Kier alpha value is -2.04. The van der Waals surface area contributed by atoms with E-state index in [2.05, 4.69) is 10.6 Å². The van der Waals surface area contributed by atoms with Gasteiger partial charge in [-0.05, 0) is 62.1 Å². The molecule has 4 nitrogen and oxygen atoms in total. The van der Waals surface area contributed by atoms with Crippen molar-refractivity contribution >= 4 is 46.4 Å². The lowest BCUT2D eigenvalue weighted by Crippen LogP contribution is -2.35. The van der Waals surface area contributed by atoms with Gasteiger partial charge in [-0.1, -0.05) is 35.3 Å². The molecule has 130 valence electrons. The Morgan fingerprint density at radius 3 is 2.24 bits per heavy atom. The number of halogens is 2. The minimum absolute atomic E-state index is 0.295. The average molecular weight is 377 g/mol. The summed E-state index contributed by atoms with van der Waals surface area (Å²) in [6, 6.07) is 10.5. The first-order chi connectivity index (χ1) is 11.8. The summed E-state index contributed by atoms with van der Waals surface area (Å²) in [6.07, 6.45) is 1.02. The third-order valence-electron chi connectivity index (χ3n) is 4.65. The number of carbonyl (C=O) groups is 2. The van der Waals surface area contributed by atoms with Crippen LogP contribution < -0.4 is 10.6 Å². The molecule has 0 unspecified atom stereocenters. The molecular formula is C19H18Cl2N2O2. The number of hydrogen-bond acceptors (Lipinski definition) is 2. The first-order valence-corrected chi connectivity index (χ1v) is 8.73. The van der Waals surface area contributed by atoms with Crippen LogP contribution in [0.15, 0.2) is 36.4 Å². The van der Waals surface area contributed by atoms with Crippen LogP contribution in [0.3, 0.4) is 0 Å². The maximum absolute atomic E-state index is 12.7. The molecule has 0 saturated heterocycles. The highest BCUT2D eigenvalue weighted by atomic mass is 35.5. The monoisotopic (exact) mass is 376 g/mol. The number of benzene rings is 2. The van der Waals surface area contributed by atoms with Crippen LogP contribution in [0, 0.1) is 19.3 Å². The van der Waals surface area contributed by atoms with Crippen molar-refractivity contribution in [3.05, 3.63) is 57.6 Å². The Morgan fingerprint density at radius 2 is 1.60 bits per heavy atom. The van der Waals surface area contributed by atoms with Crippen LogP contribution in [-0.4, -0.2) is 11.8 Å². The molecule has 1 aliphatic carbocycles. The Labute approximate surface area is 156 Å². The van der Waals surface area contributed by atoms with Gasteiger partial charge in [-0.3, -0.25) is 9.59 Å². The van der Waals surface area contributed by atoms with Crippen molar-refractivity contribution < 1.29 is 9.59 Å². The molecular weight excluding hydrogens is 359 g/mol. The zero-order chi connectivity index (χ0) is 18.2. The molecule has 2 N–H and O–H groups in total. The van der Waals surface area contributed by atoms with Crippen molar-refractivity contribution in [1.29, 1.82) is 0 Å². The number of amides is 2. The molecule has 2 aromatic rings. The Morgan fingerprint density at radius 1 is 0.960 bits per heavy atom. The molecule has 0 bridgehead atoms. The van der Waals surface area contributed by atoms with Gasteiger partial charge < -0.3 is 10.6 Å². The molecule has 6 heteroatoms. The van der Waals surface area contributed by atoms with E-state index in [9.17, 15) is 9.59 Å². The van der Waals surface area contributed by atoms with Gasteiger partial charge in [0.05, 0.1) is 10.7 Å². The number of anilines is 2. The van der Waals surface area contributed by atoms with Gasteiger partial charge in [0.1, 0.15) is 5.41 Å². The lowest BCUT2D eigenvalue weighted by Gasteiger charge is -2.17. The van der Waals surface area contributed by atoms with Gasteiger partial charge in [0.25, 0.3) is 0 Å². The second-order valence-corrected chi connectivity index (χ2v) is 7.21. The van der Waals surface area contributed by atoms with Crippen LogP contribution in [0.25, 0.3) is 0 Å². The average Bonchev–Trinajstić information content (AvgIpc) is 3.37. The van der Waals surface area contributed by atoms with E-state index < -0.39 is 5.41 Å². The van der Waals surface area contributed by atoms with E-state index in [0.717, 1.165) is 16.8 Å². The Balaban J connectivity index is 1.77. The largest absolute Gasteiger partial charge is 0.325 e. The van der Waals surface area contributed by atoms with Crippen molar-refractivity contribution in [1.82, 2.24) is 0 Å². The molecule has 1 fully saturated rings. The van der Waals surface area contributed by atoms with Crippen molar-refractivity contribution in [2.45, 2.75) is 26.7 Å². The highest BCUT2D eigenvalue weighted by Crippen LogP contribution is 2.48. The minimum atomic E-state index is -1.05. The molecule has 0 radical (unpaired) electrons. The Kier molecular flexibility index (Phi) is 4.76. The summed E-state index contributed by atoms with van der Waals surface area (Å²) >= 11 is 12.0. The van der Waals surface area contributed by atoms with Crippen LogP contribution in [0.5, 0.6) is 0 Å². The summed E-state index contributed by atoms with van der Waals surface area (Å²) in [4.78, 5) is 25.4. The predicted molar refractivity (Wildman–Crippen MR) is 101 cm³/mol. The maximum Gasteiger partial charge on any atom is 0.240 e. The number of nitrogens with one attached hydrogen (secondary N) is 2. The van der Waals surface area contributed by atoms with Crippen LogP contribution in [0.2, 0.25) is 10.0 Å². The Bertz CT molecular complexity index is 842. The van der Waals surface area contributed by atoms with E-state index in [0.29, 0.717) is 28.6 Å². The zero-order valence-corrected chi connectivity index (χ0v) is 15.5. The number of carbonyl (C=O) groups excluding carboxylic acids is 2. The first kappa shape index (κ1) is 17.8. The van der Waals surface area contributed by atoms with Crippen LogP contribution in [-0.2, 0) is 9.59 Å². The lowest BCUT2D eigenvalue weighted by molar-refractivity contribution is -0.131. The van der Waals surface area contributed by atoms with Crippen LogP contribution in [0.1, 0.15) is 24.0 Å². The SMILES string of the molecule is Cc1cccc(NC(=O)C2(C(=O)Nc3cc(Cl)ccc3Cl)CC2)c1C. The normalized spacial score (nSPS) is 14.7. The first-order valence-electron chi connectivity index (χ1n) is 7.98. The van der Waals surface area contributed by atoms with E-state index >= 15 is 0 Å². The lowest BCUT2D eigenvalue weighted by atomic mass is 10.0. The minimum Gasteiger partial charge on any atom is -0.325 e. The predicted octanol–water partition coefficient (Wildman–Crippen LogP) is 4.97. The molecule has 2 aromatic carbocycles. The number of rotatable bonds is 4. The molecule has 0 aromatic heterocycles. The van der Waals surface area contributed by atoms with Gasteiger partial charge in [0.15, 0.2) is 0 Å². The second kappa shape index (κ2) is 6.70. The molecule has 0 atom stereocenters. The van der Waals surface area contributed by atoms with Crippen molar-refractivity contribution in [3.8, 4) is 0 Å². The van der Waals surface area contributed by atoms with Crippen molar-refractivity contribution in [2.75, 3.05) is 10.6 Å². The van der Waals surface area contributed by atoms with E-state index in [4.69, 9.17) is 23.2 Å². The molecule has 2 amide bonds. The fraction of sp³-hybridized carbons (Fsp3) is 0.263. The van der Waals surface area contributed by atoms with Gasteiger partial charge in [0, 0.05) is 10.7 Å². The van der Waals surface area contributed by atoms with Crippen LogP contribution in [0.4, 0.5) is 11.4 Å². The summed E-state index contributed by atoms with van der Waals surface area (Å²) in [7, 11) is 0. The summed E-state index contributed by atoms with van der Waals surface area (Å²) in [5.41, 5.74) is 2.15. The van der Waals surface area contributed by atoms with Crippen molar-refractivity contribution in [2.24, 2.45) is 5.41 Å². The third kappa shape index (κ3) is 3.51. The molecule has 3 rings (SSSR count). The topological polar surface area (TPSA) is 58.2 Å². The highest BCUT2D eigenvalue weighted by molar-refractivity contribution is 6.36. The zero-order valence-electron chi connectivity index (χ0n) is 14.0. The molecule has 0 heterocycles. The fourth-order valence-electron chi connectivity index (χ4n) is 2.65. The number of aryl methyl sites for hydroxylation is 1. The second-order valence-electron chi connectivity index (χ2n) is 6.36. The van der Waals surface area contributed by atoms with Crippen LogP contribution >= 0.6 is 23.2 Å². The van der Waals surface area contributed by atoms with Gasteiger partial charge >= 0.3 is 0 Å². The number of hydrogen-bond donors (Lipinski definition) is 2.